The van der Waals surface area contributed by atoms with Crippen LogP contribution >= 0.6 is 0 Å². The highest BCUT2D eigenvalue weighted by molar-refractivity contribution is 6.14. The van der Waals surface area contributed by atoms with Crippen molar-refractivity contribution in [3.63, 3.8) is 0 Å². The zero-order chi connectivity index (χ0) is 16.2. The zero-order valence-electron chi connectivity index (χ0n) is 13.6. The van der Waals surface area contributed by atoms with Crippen LogP contribution in [-0.4, -0.2) is 25.5 Å². The van der Waals surface area contributed by atoms with Crippen LogP contribution in [-0.2, 0) is 0 Å². The van der Waals surface area contributed by atoms with Gasteiger partial charge in [-0.25, -0.2) is 0 Å². The van der Waals surface area contributed by atoms with Crippen molar-refractivity contribution in [1.82, 2.24) is 0 Å². The van der Waals surface area contributed by atoms with Crippen LogP contribution in [0.25, 0.3) is 6.08 Å². The highest BCUT2D eigenvalue weighted by Gasteiger charge is 2.22. The summed E-state index contributed by atoms with van der Waals surface area (Å²) in [4.78, 5) is 14.8. The Morgan fingerprint density at radius 2 is 1.74 bits per heavy atom. The fraction of sp³-hybridized carbons (Fsp3) is 0.250. The van der Waals surface area contributed by atoms with Crippen molar-refractivity contribution < 1.29 is 9.53 Å². The number of carbonyl (C=O) groups excluding carboxylic acids is 1. The van der Waals surface area contributed by atoms with Gasteiger partial charge in [0.15, 0.2) is 5.78 Å². The summed E-state index contributed by atoms with van der Waals surface area (Å²) in [6.45, 7) is 6.59. The number of Topliss-reactive ketones (excluding diaryl/α,β-unsaturated/α-hetero) is 1. The number of hydrogen-bond donors (Lipinski definition) is 0. The van der Waals surface area contributed by atoms with Crippen LogP contribution in [0.3, 0.4) is 0 Å². The fourth-order valence-corrected chi connectivity index (χ4v) is 2.85. The quantitative estimate of drug-likeness (QED) is 0.793. The molecule has 2 aromatic rings. The van der Waals surface area contributed by atoms with Gasteiger partial charge in [0.05, 0.1) is 5.56 Å². The maximum Gasteiger partial charge on any atom is 0.196 e. The predicted molar refractivity (Wildman–Crippen MR) is 94.2 cm³/mol. The molecule has 1 aliphatic heterocycles. The van der Waals surface area contributed by atoms with Gasteiger partial charge in [-0.1, -0.05) is 24.3 Å². The number of ketones is 1. The minimum atomic E-state index is 0.0552. The summed E-state index contributed by atoms with van der Waals surface area (Å²) in [7, 11) is 0. The minimum absolute atomic E-state index is 0.0552. The molecule has 0 aliphatic carbocycles. The second-order valence-electron chi connectivity index (χ2n) is 5.55. The molecule has 0 N–H and O–H groups in total. The van der Waals surface area contributed by atoms with E-state index in [0.717, 1.165) is 18.7 Å². The van der Waals surface area contributed by atoms with Crippen molar-refractivity contribution >= 4 is 17.5 Å². The molecule has 1 aliphatic rings. The van der Waals surface area contributed by atoms with Gasteiger partial charge in [0.25, 0.3) is 0 Å². The van der Waals surface area contributed by atoms with Crippen LogP contribution in [0, 0.1) is 0 Å². The van der Waals surface area contributed by atoms with Crippen LogP contribution in [0.4, 0.5) is 5.69 Å². The standard InChI is InChI=1S/C20H21NO2/c1-3-21(4-2)17-11-9-15(10-12-17)13-16-14-23-19-8-6-5-7-18(19)20(16)22/h5-13H,3-4,14H2,1-2H3. The van der Waals surface area contributed by atoms with Gasteiger partial charge >= 0.3 is 0 Å². The molecule has 0 aromatic heterocycles. The second kappa shape index (κ2) is 6.69. The Balaban J connectivity index is 1.84. The third-order valence-electron chi connectivity index (χ3n) is 4.17. The molecule has 23 heavy (non-hydrogen) atoms. The highest BCUT2D eigenvalue weighted by atomic mass is 16.5. The van der Waals surface area contributed by atoms with E-state index in [1.54, 1.807) is 0 Å². The maximum absolute atomic E-state index is 12.5. The van der Waals surface area contributed by atoms with Crippen LogP contribution in [0.1, 0.15) is 29.8 Å². The molecule has 0 amide bonds. The van der Waals surface area contributed by atoms with Gasteiger partial charge in [-0.15, -0.1) is 0 Å². The monoisotopic (exact) mass is 307 g/mol. The second-order valence-corrected chi connectivity index (χ2v) is 5.55. The number of nitrogens with zero attached hydrogens (tertiary/aromatic N) is 1. The maximum atomic E-state index is 12.5. The Morgan fingerprint density at radius 1 is 1.04 bits per heavy atom. The summed E-state index contributed by atoms with van der Waals surface area (Å²) in [6, 6.07) is 15.7. The largest absolute Gasteiger partial charge is 0.488 e. The van der Waals surface area contributed by atoms with E-state index < -0.39 is 0 Å². The summed E-state index contributed by atoms with van der Waals surface area (Å²) < 4.78 is 5.68. The number of carbonyl (C=O) groups is 1. The van der Waals surface area contributed by atoms with Gasteiger partial charge in [-0.3, -0.25) is 4.79 Å². The van der Waals surface area contributed by atoms with Crippen molar-refractivity contribution in [3.8, 4) is 5.75 Å². The molecular formula is C20H21NO2. The van der Waals surface area contributed by atoms with Crippen LogP contribution in [0.5, 0.6) is 5.75 Å². The fourth-order valence-electron chi connectivity index (χ4n) is 2.85. The summed E-state index contributed by atoms with van der Waals surface area (Å²) in [5.74, 6) is 0.728. The van der Waals surface area contributed by atoms with E-state index in [-0.39, 0.29) is 5.78 Å². The third-order valence-corrected chi connectivity index (χ3v) is 4.17. The molecule has 3 rings (SSSR count). The van der Waals surface area contributed by atoms with Gasteiger partial charge in [-0.05, 0) is 49.8 Å². The first-order chi connectivity index (χ1) is 11.2. The summed E-state index contributed by atoms with van der Waals surface area (Å²) in [5, 5.41) is 0. The zero-order valence-corrected chi connectivity index (χ0v) is 13.6. The van der Waals surface area contributed by atoms with E-state index in [1.165, 1.54) is 5.69 Å². The first-order valence-electron chi connectivity index (χ1n) is 8.05. The third kappa shape index (κ3) is 3.14. The summed E-state index contributed by atoms with van der Waals surface area (Å²) >= 11 is 0. The SMILES string of the molecule is CCN(CC)c1ccc(C=C2COc3ccccc3C2=O)cc1. The van der Waals surface area contributed by atoms with Gasteiger partial charge in [0.2, 0.25) is 0 Å². The van der Waals surface area contributed by atoms with Crippen molar-refractivity contribution in [3.05, 3.63) is 65.2 Å². The normalized spacial score (nSPS) is 15.2. The Bertz CT molecular complexity index is 728. The Hall–Kier alpha value is -2.55. The minimum Gasteiger partial charge on any atom is -0.488 e. The predicted octanol–water partition coefficient (Wildman–Crippen LogP) is 4.19. The molecule has 2 aromatic carbocycles. The van der Waals surface area contributed by atoms with Crippen LogP contribution < -0.4 is 9.64 Å². The number of rotatable bonds is 4. The van der Waals surface area contributed by atoms with Crippen molar-refractivity contribution in [1.29, 1.82) is 0 Å². The van der Waals surface area contributed by atoms with E-state index in [0.29, 0.717) is 23.5 Å². The van der Waals surface area contributed by atoms with Crippen molar-refractivity contribution in [2.75, 3.05) is 24.6 Å². The lowest BCUT2D eigenvalue weighted by Gasteiger charge is -2.21. The summed E-state index contributed by atoms with van der Waals surface area (Å²) in [5.41, 5.74) is 3.56. The number of para-hydroxylation sites is 1. The van der Waals surface area contributed by atoms with Crippen molar-refractivity contribution in [2.24, 2.45) is 0 Å². The molecule has 0 radical (unpaired) electrons. The molecule has 1 heterocycles. The van der Waals surface area contributed by atoms with E-state index in [1.807, 2.05) is 30.3 Å². The molecule has 0 fully saturated rings. The average molecular weight is 307 g/mol. The van der Waals surface area contributed by atoms with Gasteiger partial charge in [0.1, 0.15) is 12.4 Å². The van der Waals surface area contributed by atoms with Gasteiger partial charge in [-0.2, -0.15) is 0 Å². The number of benzene rings is 2. The molecule has 0 saturated carbocycles. The van der Waals surface area contributed by atoms with Gasteiger partial charge in [0, 0.05) is 24.4 Å². The molecule has 118 valence electrons. The lowest BCUT2D eigenvalue weighted by atomic mass is 9.98. The van der Waals surface area contributed by atoms with Crippen LogP contribution in [0.2, 0.25) is 0 Å². The molecule has 0 saturated heterocycles. The number of fused-ring (bicyclic) bond motifs is 1. The van der Waals surface area contributed by atoms with E-state index in [4.69, 9.17) is 4.74 Å². The van der Waals surface area contributed by atoms with Gasteiger partial charge < -0.3 is 9.64 Å². The number of hydrogen-bond acceptors (Lipinski definition) is 3. The van der Waals surface area contributed by atoms with E-state index in [9.17, 15) is 4.79 Å². The van der Waals surface area contributed by atoms with Crippen molar-refractivity contribution in [2.45, 2.75) is 13.8 Å². The molecular weight excluding hydrogens is 286 g/mol. The Kier molecular flexibility index (Phi) is 4.47. The molecule has 0 unspecified atom stereocenters. The summed E-state index contributed by atoms with van der Waals surface area (Å²) in [6.07, 6.45) is 1.92. The number of ether oxygens (including phenoxy) is 1. The first-order valence-corrected chi connectivity index (χ1v) is 8.05. The number of anilines is 1. The molecule has 0 bridgehead atoms. The molecule has 3 nitrogen and oxygen atoms in total. The lowest BCUT2D eigenvalue weighted by Crippen LogP contribution is -2.21. The lowest BCUT2D eigenvalue weighted by molar-refractivity contribution is 0.100. The molecule has 0 atom stereocenters. The Labute approximate surface area is 137 Å². The Morgan fingerprint density at radius 3 is 2.43 bits per heavy atom. The topological polar surface area (TPSA) is 29.5 Å². The molecule has 3 heteroatoms. The highest BCUT2D eigenvalue weighted by Crippen LogP contribution is 2.27. The van der Waals surface area contributed by atoms with E-state index in [2.05, 4.69) is 43.0 Å². The van der Waals surface area contributed by atoms with E-state index >= 15 is 0 Å². The molecule has 0 spiro atoms. The first kappa shape index (κ1) is 15.3. The van der Waals surface area contributed by atoms with Crippen LogP contribution in [0.15, 0.2) is 54.1 Å². The smallest absolute Gasteiger partial charge is 0.196 e. The average Bonchev–Trinajstić information content (AvgIpc) is 2.60.